The van der Waals surface area contributed by atoms with Gasteiger partial charge < -0.3 is 43.4 Å². The van der Waals surface area contributed by atoms with Crippen LogP contribution in [0.3, 0.4) is 0 Å². The summed E-state index contributed by atoms with van der Waals surface area (Å²) in [4.78, 5) is 104. The van der Waals surface area contributed by atoms with Crippen molar-refractivity contribution >= 4 is 177 Å². The van der Waals surface area contributed by atoms with Gasteiger partial charge in [-0.25, -0.2) is 19.2 Å². The van der Waals surface area contributed by atoms with Crippen LogP contribution in [0.1, 0.15) is 137 Å². The van der Waals surface area contributed by atoms with E-state index in [0.717, 1.165) is 51.4 Å². The molecule has 128 heavy (non-hydrogen) atoms. The third kappa shape index (κ3) is 22.3. The first-order valence-electron chi connectivity index (χ1n) is 44.3. The number of hydrogen-bond acceptors (Lipinski definition) is 16. The number of halogens is 4. The normalized spacial score (nSPS) is 28.8. The number of carboxylic acid groups (broad SMARTS) is 1. The van der Waals surface area contributed by atoms with E-state index in [4.69, 9.17) is 100 Å². The van der Waals surface area contributed by atoms with Crippen molar-refractivity contribution in [1.82, 2.24) is 0 Å². The summed E-state index contributed by atoms with van der Waals surface area (Å²) in [5.74, 6) is -11.9. The molecule has 0 aromatic heterocycles. The molecule has 0 amide bonds. The summed E-state index contributed by atoms with van der Waals surface area (Å²) in [5, 5.41) is 17.9. The van der Waals surface area contributed by atoms with Gasteiger partial charge in [-0.1, -0.05) is 106 Å². The Kier molecular flexibility index (Phi) is 31.3. The third-order valence-electron chi connectivity index (χ3n) is 28.2. The maximum Gasteiger partial charge on any atom is 0.376 e. The van der Waals surface area contributed by atoms with Gasteiger partial charge in [0.2, 0.25) is 0 Å². The van der Waals surface area contributed by atoms with Gasteiger partial charge in [0.1, 0.15) is 30.5 Å². The van der Waals surface area contributed by atoms with Crippen LogP contribution in [0.2, 0.25) is 0 Å². The number of ether oxygens (including phenoxy) is 7. The average molecular weight is 1760 g/mol. The number of benzene rings is 6. The van der Waals surface area contributed by atoms with E-state index in [0.29, 0.717) is 58.3 Å². The lowest BCUT2D eigenvalue weighted by Gasteiger charge is -2.57. The van der Waals surface area contributed by atoms with Crippen LogP contribution in [0, 0.1) is 123 Å². The zero-order valence-corrected chi connectivity index (χ0v) is 75.2. The SMILES string of the molecule is CC(F)(F)C(=O)O.CC(F)(F)C(=O)OC1C2CC3CC1CC(C(=O)OCC(=O)OC1C4CC5C(=O)OC1C5C4)(C3)C2.Cc1ccc([S+](c2ccc(C)cc2)c2ccc(C)cc2)cc1.Cc1ccc([S+](c2ccc(C)cc2)c2ccc(C)cc2)cc1.O=C(COC(=O)C12CC3CC(C1)C(O)C(C3)C2)OC1C2CC3C(=O)OC1C3C2.[B][B]B([B])B(B([B])[B])B(B([B])[B])B([B])[B]. The van der Waals surface area contributed by atoms with E-state index < -0.39 is 122 Å². The fraction of sp³-hybridized carbons (Fsp3) is 0.511. The summed E-state index contributed by atoms with van der Waals surface area (Å²) < 4.78 is 87.2. The Morgan fingerprint density at radius 1 is 0.430 bits per heavy atom. The highest BCUT2D eigenvalue weighted by Gasteiger charge is 2.66. The van der Waals surface area contributed by atoms with Crippen molar-refractivity contribution < 1.29 is 99.3 Å². The van der Waals surface area contributed by atoms with Crippen LogP contribution in [-0.2, 0) is 93.3 Å². The van der Waals surface area contributed by atoms with Gasteiger partial charge in [0.05, 0.1) is 50.6 Å². The first-order valence-corrected chi connectivity index (χ1v) is 46.7. The van der Waals surface area contributed by atoms with E-state index in [1.807, 2.05) is 0 Å². The molecule has 2 aliphatic heterocycles. The smallest absolute Gasteiger partial charge is 0.376 e. The molecule has 14 fully saturated rings. The van der Waals surface area contributed by atoms with Crippen molar-refractivity contribution in [2.45, 2.75) is 223 Å². The summed E-state index contributed by atoms with van der Waals surface area (Å²) in [6.07, 6.45) is 3.83. The van der Waals surface area contributed by atoms with Gasteiger partial charge in [-0.05, 0) is 240 Å². The van der Waals surface area contributed by atoms with Gasteiger partial charge in [0, 0.05) is 145 Å². The molecule has 645 valence electrons. The fourth-order valence-corrected chi connectivity index (χ4v) is 26.6. The maximum atomic E-state index is 13.4. The summed E-state index contributed by atoms with van der Waals surface area (Å²) in [5.41, 5.74) is 6.52. The van der Waals surface area contributed by atoms with Crippen molar-refractivity contribution in [3.8, 4) is 0 Å². The third-order valence-corrected chi connectivity index (χ3v) is 32.7. The Morgan fingerprint density at radius 3 is 0.992 bits per heavy atom. The Balaban J connectivity index is 0.000000137. The Bertz CT molecular complexity index is 4540. The summed E-state index contributed by atoms with van der Waals surface area (Å²) in [7, 11) is 45.7. The second-order valence-electron chi connectivity index (χ2n) is 38.0. The molecule has 6 aromatic rings. The number of carbonyl (C=O) groups is 8. The topological polar surface area (TPSA) is 242 Å². The minimum atomic E-state index is -3.58. The highest BCUT2D eigenvalue weighted by molar-refractivity contribution is 8.12. The lowest BCUT2D eigenvalue weighted by Crippen LogP contribution is -2.73. The zero-order valence-electron chi connectivity index (χ0n) is 73.6. The second-order valence-corrected chi connectivity index (χ2v) is 42.0. The van der Waals surface area contributed by atoms with Crippen molar-refractivity contribution in [2.24, 2.45) is 81.8 Å². The quantitative estimate of drug-likeness (QED) is 0.0199. The summed E-state index contributed by atoms with van der Waals surface area (Å²) >= 11 is 0. The lowest BCUT2D eigenvalue weighted by molar-refractivity contribution is -0.208. The van der Waals surface area contributed by atoms with Crippen LogP contribution in [0.15, 0.2) is 175 Å². The zero-order chi connectivity index (χ0) is 92.5. The highest BCUT2D eigenvalue weighted by atomic mass is 32.2. The molecule has 2 N–H and O–H groups in total. The van der Waals surface area contributed by atoms with E-state index in [1.165, 1.54) is 69.8 Å². The lowest BCUT2D eigenvalue weighted by atomic mass is 8.46. The number of rotatable bonds is 23. The van der Waals surface area contributed by atoms with Crippen LogP contribution < -0.4 is 0 Å². The molecule has 2 heterocycles. The van der Waals surface area contributed by atoms with Crippen molar-refractivity contribution in [1.29, 1.82) is 0 Å². The molecule has 17 radical (unpaired) electrons. The standard InChI is InChI=1S/C24H28F2O8.C21H26O7.2C21H21S.C3H4F2O2.B15/c1-23(25,26)21(29)34-17-12-2-10-3-13(17)8-24(6-10,7-12)22(30)31-9-16(27)32-18-11-4-14-15(5-11)20(28)33-19(14)18;22-15(27-17-10-3-13-14(4-10)19(24)28-18(13)17)8-26-20(25)21-5-9-1-11(6-21)16(23)12(2-9)7-21;2*1-16-4-10-19(11-5-16)22(20-12-6-17(2)7-13-20)21-14-8-18(3)9-15-21;1-3(4,5)2(6)7;1-9-13(8)15(12(6)7)14(10(2)3)11(4)5/h10-15,17-19H,2-9H2,1H3;9-14,16-18,23H,1-8H2;2*4-15H,1-3H3;1H3,(H,6,7);/q;;2*+1;;. The molecule has 14 unspecified atom stereocenters. The molecule has 14 aliphatic rings. The maximum absolute atomic E-state index is 13.4. The first kappa shape index (κ1) is 98.0. The number of aliphatic hydroxyl groups is 1. The molecule has 14 atom stereocenters. The molecule has 0 spiro atoms. The van der Waals surface area contributed by atoms with Gasteiger partial charge in [0.15, 0.2) is 42.6 Å². The van der Waals surface area contributed by atoms with E-state index in [9.17, 15) is 61.0 Å². The van der Waals surface area contributed by atoms with Gasteiger partial charge in [0.25, 0.3) is 0 Å². The van der Waals surface area contributed by atoms with Gasteiger partial charge in [-0.15, -0.1) is 0 Å². The van der Waals surface area contributed by atoms with Crippen LogP contribution in [-0.4, -0.2) is 227 Å². The predicted molar refractivity (Wildman–Crippen MR) is 495 cm³/mol. The number of aliphatic carboxylic acids is 1. The van der Waals surface area contributed by atoms with Crippen molar-refractivity contribution in [3.05, 3.63) is 179 Å². The average Bonchev–Trinajstić information content (AvgIpc) is 0.950. The van der Waals surface area contributed by atoms with E-state index in [-0.39, 0.29) is 124 Å². The highest BCUT2D eigenvalue weighted by Crippen LogP contribution is 2.63. The molecule has 38 heteroatoms. The number of carbonyl (C=O) groups excluding carboxylic acids is 7. The second kappa shape index (κ2) is 40.9. The van der Waals surface area contributed by atoms with E-state index in [2.05, 4.69) is 187 Å². The number of alkyl halides is 4. The molecular weight excluding hydrogens is 1660 g/mol. The molecule has 17 nitrogen and oxygen atoms in total. The molecule has 2 saturated heterocycles. The number of aliphatic hydroxyl groups excluding tert-OH is 1. The predicted octanol–water partition coefficient (Wildman–Crippen LogP) is 10.1. The molecule has 12 aliphatic carbocycles. The Hall–Kier alpha value is -7.57. The monoisotopic (exact) mass is 1760 g/mol. The van der Waals surface area contributed by atoms with Crippen LogP contribution in [0.5, 0.6) is 0 Å². The first-order chi connectivity index (χ1) is 60.5. The van der Waals surface area contributed by atoms with Crippen LogP contribution in [0.25, 0.3) is 0 Å². The number of carboxylic acids is 1. The van der Waals surface area contributed by atoms with E-state index in [1.54, 1.807) is 0 Å². The summed E-state index contributed by atoms with van der Waals surface area (Å²) in [6, 6.07) is 53.6. The Labute approximate surface area is 768 Å². The molecule has 12 saturated carbocycles. The van der Waals surface area contributed by atoms with Crippen LogP contribution >= 0.6 is 0 Å². The molecular formula is C90H100B15F4O17S2+2. The van der Waals surface area contributed by atoms with Gasteiger partial charge >= 0.3 is 59.6 Å². The van der Waals surface area contributed by atoms with Gasteiger partial charge in [-0.2, -0.15) is 17.6 Å². The fourth-order valence-electron chi connectivity index (χ4n) is 22.5. The molecule has 12 bridgehead atoms. The van der Waals surface area contributed by atoms with Crippen molar-refractivity contribution in [3.63, 3.8) is 0 Å². The number of fused-ring (bicyclic) bond motifs is 2. The molecule has 6 aromatic carbocycles. The van der Waals surface area contributed by atoms with Gasteiger partial charge in [-0.3, -0.25) is 19.2 Å². The van der Waals surface area contributed by atoms with E-state index >= 15 is 0 Å². The van der Waals surface area contributed by atoms with Crippen molar-refractivity contribution in [2.75, 3.05) is 13.2 Å². The largest absolute Gasteiger partial charge is 0.477 e. The summed E-state index contributed by atoms with van der Waals surface area (Å²) in [6.45, 7) is 12.8. The molecule has 20 rings (SSSR count). The minimum absolute atomic E-state index is 0.0192. The Morgan fingerprint density at radius 2 is 0.719 bits per heavy atom. The number of aryl methyl sites for hydroxylation is 6. The number of hydrogen-bond donors (Lipinski definition) is 2. The number of esters is 7. The minimum Gasteiger partial charge on any atom is -0.477 e. The van der Waals surface area contributed by atoms with Crippen LogP contribution in [0.4, 0.5) is 17.6 Å².